The third-order valence-electron chi connectivity index (χ3n) is 4.23. The van der Waals surface area contributed by atoms with Crippen LogP contribution in [0.5, 0.6) is 0 Å². The van der Waals surface area contributed by atoms with Gasteiger partial charge in [-0.2, -0.15) is 0 Å². The Morgan fingerprint density at radius 1 is 0.529 bits per heavy atom. The lowest BCUT2D eigenvalue weighted by atomic mass is 9.94. The molecule has 1 saturated carbocycles. The topological polar surface area (TPSA) is 0 Å². The monoisotopic (exact) mass is 236 g/mol. The predicted octanol–water partition coefficient (Wildman–Crippen LogP) is 6.26. The highest BCUT2D eigenvalue weighted by Gasteiger charge is 2.04. The molecule has 0 saturated heterocycles. The number of rotatable bonds is 1. The van der Waals surface area contributed by atoms with Gasteiger partial charge >= 0.3 is 0 Å². The zero-order valence-electron chi connectivity index (χ0n) is 11.8. The standard InChI is InChI=1S/C17H32/c1-2-17-15-13-11-9-7-5-3-4-6-8-10-12-14-16-17/h2,17H,1,3-16H2. The van der Waals surface area contributed by atoms with E-state index >= 15 is 0 Å². The minimum Gasteiger partial charge on any atom is -0.103 e. The molecule has 0 heterocycles. The van der Waals surface area contributed by atoms with Gasteiger partial charge in [0.05, 0.1) is 0 Å². The van der Waals surface area contributed by atoms with Gasteiger partial charge in [-0.15, -0.1) is 6.58 Å². The van der Waals surface area contributed by atoms with Gasteiger partial charge in [-0.05, 0) is 18.8 Å². The second-order valence-electron chi connectivity index (χ2n) is 5.82. The summed E-state index contributed by atoms with van der Waals surface area (Å²) >= 11 is 0. The first-order valence-electron chi connectivity index (χ1n) is 8.06. The molecule has 0 amide bonds. The summed E-state index contributed by atoms with van der Waals surface area (Å²) < 4.78 is 0. The van der Waals surface area contributed by atoms with Crippen LogP contribution >= 0.6 is 0 Å². The molecule has 0 spiro atoms. The minimum absolute atomic E-state index is 0.806. The molecule has 0 aromatic rings. The smallest absolute Gasteiger partial charge is 0.0236 e. The first-order valence-corrected chi connectivity index (χ1v) is 8.06. The van der Waals surface area contributed by atoms with E-state index in [-0.39, 0.29) is 0 Å². The fraction of sp³-hybridized carbons (Fsp3) is 0.882. The van der Waals surface area contributed by atoms with Gasteiger partial charge in [-0.25, -0.2) is 0 Å². The van der Waals surface area contributed by atoms with Crippen molar-refractivity contribution < 1.29 is 0 Å². The maximum absolute atomic E-state index is 4.00. The summed E-state index contributed by atoms with van der Waals surface area (Å²) in [5.74, 6) is 0.806. The molecular formula is C17H32. The van der Waals surface area contributed by atoms with Crippen molar-refractivity contribution in [1.29, 1.82) is 0 Å². The maximum Gasteiger partial charge on any atom is -0.0236 e. The first-order chi connectivity index (χ1) is 8.43. The van der Waals surface area contributed by atoms with Gasteiger partial charge in [0.1, 0.15) is 0 Å². The molecule has 1 fully saturated rings. The highest BCUT2D eigenvalue weighted by atomic mass is 14.1. The van der Waals surface area contributed by atoms with Gasteiger partial charge in [-0.3, -0.25) is 0 Å². The van der Waals surface area contributed by atoms with Gasteiger partial charge in [0, 0.05) is 0 Å². The zero-order chi connectivity index (χ0) is 12.2. The Kier molecular flexibility index (Phi) is 9.46. The van der Waals surface area contributed by atoms with E-state index < -0.39 is 0 Å². The second kappa shape index (κ2) is 10.9. The molecular weight excluding hydrogens is 204 g/mol. The molecule has 1 rings (SSSR count). The molecule has 0 heteroatoms. The van der Waals surface area contributed by atoms with Crippen molar-refractivity contribution in [3.8, 4) is 0 Å². The Bertz CT molecular complexity index is 155. The SMILES string of the molecule is C=CC1CCCCCCCCCCCCCC1. The van der Waals surface area contributed by atoms with Crippen LogP contribution in [0.4, 0.5) is 0 Å². The van der Waals surface area contributed by atoms with Crippen LogP contribution in [0.25, 0.3) is 0 Å². The molecule has 1 aliphatic carbocycles. The van der Waals surface area contributed by atoms with E-state index in [4.69, 9.17) is 0 Å². The molecule has 0 aromatic carbocycles. The highest BCUT2D eigenvalue weighted by molar-refractivity contribution is 4.78. The maximum atomic E-state index is 4.00. The van der Waals surface area contributed by atoms with Crippen LogP contribution in [-0.4, -0.2) is 0 Å². The summed E-state index contributed by atoms with van der Waals surface area (Å²) in [5.41, 5.74) is 0. The van der Waals surface area contributed by atoms with Crippen LogP contribution < -0.4 is 0 Å². The van der Waals surface area contributed by atoms with Crippen LogP contribution in [0.3, 0.4) is 0 Å². The molecule has 0 atom stereocenters. The van der Waals surface area contributed by atoms with E-state index in [9.17, 15) is 0 Å². The van der Waals surface area contributed by atoms with Crippen LogP contribution in [0, 0.1) is 5.92 Å². The largest absolute Gasteiger partial charge is 0.103 e. The Labute approximate surface area is 109 Å². The third kappa shape index (κ3) is 8.46. The Morgan fingerprint density at radius 3 is 1.12 bits per heavy atom. The van der Waals surface area contributed by atoms with Gasteiger partial charge in [0.25, 0.3) is 0 Å². The minimum atomic E-state index is 0.806. The van der Waals surface area contributed by atoms with Crippen molar-refractivity contribution >= 4 is 0 Å². The summed E-state index contributed by atoms with van der Waals surface area (Å²) in [6, 6.07) is 0. The summed E-state index contributed by atoms with van der Waals surface area (Å²) in [7, 11) is 0. The molecule has 0 aromatic heterocycles. The first kappa shape index (κ1) is 14.8. The van der Waals surface area contributed by atoms with Crippen LogP contribution in [0.1, 0.15) is 89.9 Å². The molecule has 100 valence electrons. The zero-order valence-corrected chi connectivity index (χ0v) is 11.8. The summed E-state index contributed by atoms with van der Waals surface area (Å²) in [4.78, 5) is 0. The van der Waals surface area contributed by atoms with E-state index in [0.717, 1.165) is 5.92 Å². The second-order valence-corrected chi connectivity index (χ2v) is 5.82. The lowest BCUT2D eigenvalue weighted by Gasteiger charge is -2.11. The molecule has 0 N–H and O–H groups in total. The van der Waals surface area contributed by atoms with Gasteiger partial charge < -0.3 is 0 Å². The van der Waals surface area contributed by atoms with Crippen LogP contribution in [0.15, 0.2) is 12.7 Å². The van der Waals surface area contributed by atoms with Crippen molar-refractivity contribution in [3.63, 3.8) is 0 Å². The van der Waals surface area contributed by atoms with E-state index in [1.807, 2.05) is 0 Å². The normalized spacial score (nSPS) is 23.5. The van der Waals surface area contributed by atoms with Crippen molar-refractivity contribution in [2.75, 3.05) is 0 Å². The average molecular weight is 236 g/mol. The van der Waals surface area contributed by atoms with Crippen molar-refractivity contribution in [1.82, 2.24) is 0 Å². The third-order valence-corrected chi connectivity index (χ3v) is 4.23. The van der Waals surface area contributed by atoms with Crippen LogP contribution in [0.2, 0.25) is 0 Å². The van der Waals surface area contributed by atoms with Crippen LogP contribution in [-0.2, 0) is 0 Å². The molecule has 0 bridgehead atoms. The Morgan fingerprint density at radius 2 is 0.824 bits per heavy atom. The quantitative estimate of drug-likeness (QED) is 0.471. The highest BCUT2D eigenvalue weighted by Crippen LogP contribution is 2.21. The number of allylic oxidation sites excluding steroid dienone is 1. The van der Waals surface area contributed by atoms with E-state index in [0.29, 0.717) is 0 Å². The van der Waals surface area contributed by atoms with E-state index in [1.54, 1.807) is 0 Å². The van der Waals surface area contributed by atoms with Crippen molar-refractivity contribution in [3.05, 3.63) is 12.7 Å². The molecule has 0 aliphatic heterocycles. The molecule has 0 radical (unpaired) electrons. The van der Waals surface area contributed by atoms with Gasteiger partial charge in [-0.1, -0.05) is 83.1 Å². The van der Waals surface area contributed by atoms with Gasteiger partial charge in [0.15, 0.2) is 0 Å². The average Bonchev–Trinajstić information content (AvgIpc) is 2.36. The fourth-order valence-electron chi connectivity index (χ4n) is 2.96. The summed E-state index contributed by atoms with van der Waals surface area (Å²) in [6.07, 6.45) is 22.5. The fourth-order valence-corrected chi connectivity index (χ4v) is 2.96. The molecule has 17 heavy (non-hydrogen) atoms. The lowest BCUT2D eigenvalue weighted by molar-refractivity contribution is 0.471. The van der Waals surface area contributed by atoms with E-state index in [2.05, 4.69) is 12.7 Å². The molecule has 1 aliphatic rings. The number of hydrogen-bond donors (Lipinski definition) is 0. The Balaban J connectivity index is 2.19. The molecule has 0 unspecified atom stereocenters. The Hall–Kier alpha value is -0.260. The number of hydrogen-bond acceptors (Lipinski definition) is 0. The summed E-state index contributed by atoms with van der Waals surface area (Å²) in [5, 5.41) is 0. The van der Waals surface area contributed by atoms with Crippen molar-refractivity contribution in [2.45, 2.75) is 89.9 Å². The predicted molar refractivity (Wildman–Crippen MR) is 78.3 cm³/mol. The summed E-state index contributed by atoms with van der Waals surface area (Å²) in [6.45, 7) is 4.00. The lowest BCUT2D eigenvalue weighted by Crippen LogP contribution is -1.96. The van der Waals surface area contributed by atoms with E-state index in [1.165, 1.54) is 89.9 Å². The van der Waals surface area contributed by atoms with Crippen molar-refractivity contribution in [2.24, 2.45) is 5.92 Å². The molecule has 0 nitrogen and oxygen atoms in total. The van der Waals surface area contributed by atoms with Gasteiger partial charge in [0.2, 0.25) is 0 Å².